The fraction of sp³-hybridized carbons (Fsp3) is 0. The van der Waals surface area contributed by atoms with E-state index in [0.717, 1.165) is 0 Å². The molecule has 8 heteroatoms. The fourth-order valence-corrected chi connectivity index (χ4v) is 1.38. The first-order valence-electron chi connectivity index (χ1n) is 3.44. The van der Waals surface area contributed by atoms with Gasteiger partial charge in [0.25, 0.3) is 0 Å². The Bertz CT molecular complexity index is 425. The first-order chi connectivity index (χ1) is 6.60. The molecule has 0 aliphatic heterocycles. The first kappa shape index (κ1) is 10.6. The lowest BCUT2D eigenvalue weighted by Gasteiger charge is -1.99. The Kier molecular flexibility index (Phi) is 3.12. The second-order valence-corrected chi connectivity index (χ2v) is 3.83. The van der Waals surface area contributed by atoms with Crippen LogP contribution in [0.3, 0.4) is 0 Å². The molecule has 1 rings (SSSR count). The molecule has 0 aliphatic rings. The van der Waals surface area contributed by atoms with Crippen LogP contribution in [0.5, 0.6) is 0 Å². The van der Waals surface area contributed by atoms with Crippen molar-refractivity contribution in [2.75, 3.05) is 0 Å². The number of rotatable bonds is 3. The van der Waals surface area contributed by atoms with Gasteiger partial charge in [0.1, 0.15) is 0 Å². The standard InChI is InChI=1S/C6H8N4O3S/c7-10-9-5-1-3-6(4-2-5)14(11,12)13-8/h1-4H,8H2,(H2,7,9). The second kappa shape index (κ2) is 4.13. The molecule has 76 valence electrons. The van der Waals surface area contributed by atoms with E-state index in [9.17, 15) is 8.42 Å². The van der Waals surface area contributed by atoms with Gasteiger partial charge in [-0.2, -0.15) is 18.6 Å². The summed E-state index contributed by atoms with van der Waals surface area (Å²) in [6.45, 7) is 0. The van der Waals surface area contributed by atoms with Gasteiger partial charge in [-0.15, -0.1) is 5.11 Å². The zero-order valence-corrected chi connectivity index (χ0v) is 7.81. The average Bonchev–Trinajstić information content (AvgIpc) is 2.19. The molecule has 0 aliphatic carbocycles. The van der Waals surface area contributed by atoms with Crippen LogP contribution < -0.4 is 11.7 Å². The van der Waals surface area contributed by atoms with Crippen LogP contribution in [0.15, 0.2) is 39.5 Å². The van der Waals surface area contributed by atoms with Crippen LogP contribution in [0.4, 0.5) is 5.69 Å². The van der Waals surface area contributed by atoms with Gasteiger partial charge in [0.2, 0.25) is 0 Å². The molecule has 0 amide bonds. The average molecular weight is 216 g/mol. The summed E-state index contributed by atoms with van der Waals surface area (Å²) in [6, 6.07) is 5.41. The summed E-state index contributed by atoms with van der Waals surface area (Å²) < 4.78 is 25.9. The molecular formula is C6H8N4O3S. The van der Waals surface area contributed by atoms with Crippen molar-refractivity contribution in [3.63, 3.8) is 0 Å². The second-order valence-electron chi connectivity index (χ2n) is 2.26. The van der Waals surface area contributed by atoms with Crippen LogP contribution in [0.1, 0.15) is 0 Å². The Hall–Kier alpha value is -1.51. The third-order valence-corrected chi connectivity index (χ3v) is 2.53. The molecule has 0 saturated heterocycles. The van der Waals surface area contributed by atoms with E-state index in [4.69, 9.17) is 5.84 Å². The summed E-state index contributed by atoms with van der Waals surface area (Å²) >= 11 is 0. The molecule has 4 N–H and O–H groups in total. The van der Waals surface area contributed by atoms with Gasteiger partial charge in [0, 0.05) is 0 Å². The van der Waals surface area contributed by atoms with Crippen LogP contribution in [0.25, 0.3) is 0 Å². The van der Waals surface area contributed by atoms with Crippen molar-refractivity contribution in [1.29, 1.82) is 0 Å². The summed E-state index contributed by atoms with van der Waals surface area (Å²) in [4.78, 5) is -0.0593. The Morgan fingerprint density at radius 3 is 2.21 bits per heavy atom. The molecule has 0 spiro atoms. The minimum atomic E-state index is -3.86. The highest BCUT2D eigenvalue weighted by molar-refractivity contribution is 7.86. The lowest BCUT2D eigenvalue weighted by Crippen LogP contribution is -2.10. The van der Waals surface area contributed by atoms with Gasteiger partial charge in [0.05, 0.1) is 10.6 Å². The Morgan fingerprint density at radius 2 is 1.79 bits per heavy atom. The van der Waals surface area contributed by atoms with E-state index in [1.807, 2.05) is 0 Å². The monoisotopic (exact) mass is 216 g/mol. The molecule has 0 fully saturated rings. The molecule has 0 atom stereocenters. The number of hydrogen-bond donors (Lipinski definition) is 2. The highest BCUT2D eigenvalue weighted by Crippen LogP contribution is 2.17. The molecule has 0 unspecified atom stereocenters. The predicted molar refractivity (Wildman–Crippen MR) is 47.6 cm³/mol. The quantitative estimate of drug-likeness (QED) is 0.425. The van der Waals surface area contributed by atoms with Crippen molar-refractivity contribution >= 4 is 15.8 Å². The van der Waals surface area contributed by atoms with Crippen LogP contribution in [0.2, 0.25) is 0 Å². The van der Waals surface area contributed by atoms with Gasteiger partial charge in [-0.1, -0.05) is 5.22 Å². The van der Waals surface area contributed by atoms with Crippen molar-refractivity contribution in [2.24, 2.45) is 22.1 Å². The van der Waals surface area contributed by atoms with Gasteiger partial charge >= 0.3 is 10.1 Å². The molecule has 14 heavy (non-hydrogen) atoms. The van der Waals surface area contributed by atoms with Crippen LogP contribution in [-0.4, -0.2) is 8.42 Å². The third kappa shape index (κ3) is 2.25. The predicted octanol–water partition coefficient (Wildman–Crippen LogP) is 0.223. The Labute approximate surface area is 80.4 Å². The van der Waals surface area contributed by atoms with E-state index >= 15 is 0 Å². The molecule has 0 aromatic heterocycles. The maximum atomic E-state index is 11.0. The molecule has 1 aromatic carbocycles. The van der Waals surface area contributed by atoms with Gasteiger partial charge in [-0.3, -0.25) is 0 Å². The molecule has 1 aromatic rings. The lowest BCUT2D eigenvalue weighted by atomic mass is 10.3. The normalized spacial score (nSPS) is 12.1. The van der Waals surface area contributed by atoms with Crippen molar-refractivity contribution < 1.29 is 12.7 Å². The summed E-state index contributed by atoms with van der Waals surface area (Å²) in [5.74, 6) is 9.39. The highest BCUT2D eigenvalue weighted by atomic mass is 32.2. The minimum Gasteiger partial charge on any atom is -0.305 e. The summed E-state index contributed by atoms with van der Waals surface area (Å²) in [5.41, 5.74) is 0.434. The van der Waals surface area contributed by atoms with E-state index in [-0.39, 0.29) is 4.90 Å². The zero-order chi connectivity index (χ0) is 10.6. The van der Waals surface area contributed by atoms with Crippen molar-refractivity contribution in [3.05, 3.63) is 24.3 Å². The Morgan fingerprint density at radius 1 is 1.21 bits per heavy atom. The zero-order valence-electron chi connectivity index (χ0n) is 6.99. The third-order valence-electron chi connectivity index (χ3n) is 1.43. The van der Waals surface area contributed by atoms with E-state index in [1.54, 1.807) is 0 Å². The summed E-state index contributed by atoms with van der Waals surface area (Å²) in [6.07, 6.45) is 0. The number of benzene rings is 1. The number of hydrogen-bond acceptors (Lipinski definition) is 6. The van der Waals surface area contributed by atoms with Gasteiger partial charge < -0.3 is 5.84 Å². The maximum absolute atomic E-state index is 11.0. The van der Waals surface area contributed by atoms with E-state index in [1.165, 1.54) is 24.3 Å². The summed E-state index contributed by atoms with van der Waals surface area (Å²) in [5, 5.41) is 6.53. The highest BCUT2D eigenvalue weighted by Gasteiger charge is 2.12. The van der Waals surface area contributed by atoms with Crippen LogP contribution in [0, 0.1) is 0 Å². The first-order valence-corrected chi connectivity index (χ1v) is 4.85. The lowest BCUT2D eigenvalue weighted by molar-refractivity contribution is 0.333. The van der Waals surface area contributed by atoms with Gasteiger partial charge in [-0.05, 0) is 24.3 Å². The SMILES string of the molecule is NN=Nc1ccc(S(=O)(=O)ON)cc1. The maximum Gasteiger partial charge on any atom is 0.312 e. The van der Waals surface area contributed by atoms with Crippen molar-refractivity contribution in [3.8, 4) is 0 Å². The largest absolute Gasteiger partial charge is 0.312 e. The van der Waals surface area contributed by atoms with Crippen molar-refractivity contribution in [1.82, 2.24) is 0 Å². The number of nitrogens with zero attached hydrogens (tertiary/aromatic N) is 2. The summed E-state index contributed by atoms with van der Waals surface area (Å²) in [7, 11) is -3.86. The molecular weight excluding hydrogens is 208 g/mol. The van der Waals surface area contributed by atoms with Gasteiger partial charge in [-0.25, -0.2) is 0 Å². The molecule has 7 nitrogen and oxygen atoms in total. The molecule has 0 radical (unpaired) electrons. The van der Waals surface area contributed by atoms with E-state index in [0.29, 0.717) is 5.69 Å². The van der Waals surface area contributed by atoms with E-state index in [2.05, 4.69) is 20.5 Å². The number of nitrogens with two attached hydrogens (primary N) is 2. The fourth-order valence-electron chi connectivity index (χ4n) is 0.802. The molecule has 0 bridgehead atoms. The van der Waals surface area contributed by atoms with Crippen LogP contribution in [-0.2, 0) is 14.4 Å². The van der Waals surface area contributed by atoms with E-state index < -0.39 is 10.1 Å². The molecule has 0 saturated carbocycles. The van der Waals surface area contributed by atoms with Crippen LogP contribution >= 0.6 is 0 Å². The topological polar surface area (TPSA) is 120 Å². The smallest absolute Gasteiger partial charge is 0.305 e. The van der Waals surface area contributed by atoms with Gasteiger partial charge in [0.15, 0.2) is 0 Å². The minimum absolute atomic E-state index is 0.0593. The Balaban J connectivity index is 3.06. The van der Waals surface area contributed by atoms with Crippen molar-refractivity contribution in [2.45, 2.75) is 4.90 Å². The molecule has 0 heterocycles.